The first kappa shape index (κ1) is 38.6. The van der Waals surface area contributed by atoms with E-state index in [1.807, 2.05) is 54.8 Å². The predicted octanol–water partition coefficient (Wildman–Crippen LogP) is 15.8. The highest BCUT2D eigenvalue weighted by atomic mass is 15.0. The number of para-hydroxylation sites is 4. The van der Waals surface area contributed by atoms with Crippen LogP contribution in [0, 0.1) is 27.0 Å². The van der Waals surface area contributed by atoms with Gasteiger partial charge in [0.15, 0.2) is 11.4 Å². The van der Waals surface area contributed by atoms with Gasteiger partial charge in [-0.1, -0.05) is 128 Å². The third-order valence-electron chi connectivity index (χ3n) is 12.2. The predicted molar refractivity (Wildman–Crippen MR) is 267 cm³/mol. The van der Waals surface area contributed by atoms with E-state index in [4.69, 9.17) is 13.1 Å². The third kappa shape index (κ3) is 6.57. The molecule has 0 aliphatic rings. The molecule has 0 spiro atoms. The second-order valence-electron chi connectivity index (χ2n) is 15.8. The van der Waals surface area contributed by atoms with Crippen molar-refractivity contribution in [3.05, 3.63) is 245 Å². The van der Waals surface area contributed by atoms with Gasteiger partial charge < -0.3 is 13.7 Å². The number of rotatable bonds is 9. The number of hydrogen-bond acceptors (Lipinski definition) is 0. The molecule has 0 fully saturated rings. The molecule has 0 saturated carbocycles. The molecule has 5 heteroatoms. The van der Waals surface area contributed by atoms with Crippen LogP contribution in [-0.4, -0.2) is 13.7 Å². The molecule has 7 aromatic carbocycles. The Hall–Kier alpha value is -8.64. The minimum atomic E-state index is 0.387. The maximum atomic E-state index is 8.27. The Labute approximate surface area is 366 Å². The van der Waals surface area contributed by atoms with E-state index in [2.05, 4.69) is 184 Å². The van der Waals surface area contributed by atoms with Crippen molar-refractivity contribution in [3.8, 4) is 5.69 Å². The summed E-state index contributed by atoms with van der Waals surface area (Å²) in [6.45, 7) is 29.2. The summed E-state index contributed by atoms with van der Waals surface area (Å²) >= 11 is 0. The standard InChI is InChI=1S/C58H41N5/c1-38-17-15-18-39(2)45(38)32-29-43(63-57-27-14-10-21-48(57)50-31-28-42(59-5)36-58(50)63)35-40(3)41(4)52(60-6)23-16-34-61-53-24-11-7-22-49(53)51-37-44(30-33-54(51)61)62-55-25-12-8-19-46(55)47-20-9-13-26-56(47)62/h7-37H,3-4H2,1-2H3/b32-29+,34-16+,43-35+,52-23+. The zero-order chi connectivity index (χ0) is 43.2. The third-order valence-corrected chi connectivity index (χ3v) is 12.2. The Balaban J connectivity index is 1.04. The molecule has 298 valence electrons. The first-order valence-electron chi connectivity index (χ1n) is 20.9. The average molecular weight is 808 g/mol. The van der Waals surface area contributed by atoms with Crippen LogP contribution in [0.4, 0.5) is 5.69 Å². The normalized spacial score (nSPS) is 12.4. The summed E-state index contributed by atoms with van der Waals surface area (Å²) in [6, 6.07) is 52.7. The van der Waals surface area contributed by atoms with Crippen molar-refractivity contribution in [2.45, 2.75) is 13.8 Å². The number of allylic oxidation sites excluding steroid dienone is 6. The molecule has 0 atom stereocenters. The van der Waals surface area contributed by atoms with E-state index in [0.29, 0.717) is 22.5 Å². The van der Waals surface area contributed by atoms with Crippen molar-refractivity contribution >= 4 is 89.1 Å². The fourth-order valence-corrected chi connectivity index (χ4v) is 9.10. The van der Waals surface area contributed by atoms with Crippen molar-refractivity contribution in [2.24, 2.45) is 0 Å². The highest BCUT2D eigenvalue weighted by Crippen LogP contribution is 2.38. The van der Waals surface area contributed by atoms with Crippen LogP contribution in [0.25, 0.3) is 98.8 Å². The SMILES string of the molecule is [C-]#[N+]/C(=C/C=C/n1c2ccccc2c2cc(-n3c4ccccc4c4ccccc43)ccc21)C(=C)C(=C)/C=C(\C=C\c1c(C)cccc1C)n1c2ccccc2c2ccc([N+]#[C-])cc21. The molecule has 3 aromatic heterocycles. The number of benzene rings is 7. The number of hydrogen-bond donors (Lipinski definition) is 0. The lowest BCUT2D eigenvalue weighted by atomic mass is 10.0. The lowest BCUT2D eigenvalue weighted by Gasteiger charge is -2.13. The Bertz CT molecular complexity index is 3690. The van der Waals surface area contributed by atoms with Crippen LogP contribution in [0.5, 0.6) is 0 Å². The summed E-state index contributed by atoms with van der Waals surface area (Å²) in [5, 5.41) is 6.88. The zero-order valence-corrected chi connectivity index (χ0v) is 35.0. The molecule has 10 rings (SSSR count). The molecule has 0 N–H and O–H groups in total. The van der Waals surface area contributed by atoms with Gasteiger partial charge >= 0.3 is 0 Å². The van der Waals surface area contributed by atoms with Crippen LogP contribution in [0.1, 0.15) is 16.7 Å². The quantitative estimate of drug-likeness (QED) is 0.102. The molecular weight excluding hydrogens is 767 g/mol. The molecule has 0 saturated heterocycles. The summed E-state index contributed by atoms with van der Waals surface area (Å²) in [5.41, 5.74) is 13.9. The van der Waals surface area contributed by atoms with Gasteiger partial charge in [-0.3, -0.25) is 0 Å². The van der Waals surface area contributed by atoms with Gasteiger partial charge in [0.25, 0.3) is 0 Å². The van der Waals surface area contributed by atoms with Gasteiger partial charge in [0.2, 0.25) is 0 Å². The highest BCUT2D eigenvalue weighted by Gasteiger charge is 2.17. The van der Waals surface area contributed by atoms with Gasteiger partial charge in [0.05, 0.1) is 40.7 Å². The second-order valence-corrected chi connectivity index (χ2v) is 15.8. The van der Waals surface area contributed by atoms with Gasteiger partial charge in [0.1, 0.15) is 0 Å². The van der Waals surface area contributed by atoms with Gasteiger partial charge in [-0.2, -0.15) is 0 Å². The van der Waals surface area contributed by atoms with E-state index in [9.17, 15) is 0 Å². The molecule has 0 aliphatic carbocycles. The topological polar surface area (TPSA) is 23.5 Å². The van der Waals surface area contributed by atoms with Gasteiger partial charge in [-0.25, -0.2) is 9.69 Å². The molecule has 5 nitrogen and oxygen atoms in total. The van der Waals surface area contributed by atoms with E-state index in [1.165, 1.54) is 32.9 Å². The first-order valence-corrected chi connectivity index (χ1v) is 20.9. The Kier molecular flexibility index (Phi) is 9.64. The van der Waals surface area contributed by atoms with E-state index in [1.54, 1.807) is 0 Å². The van der Waals surface area contributed by atoms with E-state index >= 15 is 0 Å². The summed E-state index contributed by atoms with van der Waals surface area (Å²) < 4.78 is 6.71. The van der Waals surface area contributed by atoms with Crippen LogP contribution in [0.15, 0.2) is 206 Å². The highest BCUT2D eigenvalue weighted by molar-refractivity contribution is 6.13. The van der Waals surface area contributed by atoms with Crippen LogP contribution in [-0.2, 0) is 0 Å². The van der Waals surface area contributed by atoms with Crippen molar-refractivity contribution in [1.82, 2.24) is 13.7 Å². The fraction of sp³-hybridized carbons (Fsp3) is 0.0345. The monoisotopic (exact) mass is 807 g/mol. The molecule has 10 aromatic rings. The molecule has 0 unspecified atom stereocenters. The fourth-order valence-electron chi connectivity index (χ4n) is 9.10. The van der Waals surface area contributed by atoms with Gasteiger partial charge in [0, 0.05) is 55.4 Å². The molecule has 0 aliphatic heterocycles. The van der Waals surface area contributed by atoms with E-state index in [0.717, 1.165) is 60.6 Å². The van der Waals surface area contributed by atoms with Crippen LogP contribution < -0.4 is 0 Å². The van der Waals surface area contributed by atoms with Gasteiger partial charge in [-0.05, 0) is 102 Å². The van der Waals surface area contributed by atoms with Crippen molar-refractivity contribution < 1.29 is 0 Å². The van der Waals surface area contributed by atoms with Crippen molar-refractivity contribution in [3.63, 3.8) is 0 Å². The van der Waals surface area contributed by atoms with Gasteiger partial charge in [-0.15, -0.1) is 6.58 Å². The van der Waals surface area contributed by atoms with Crippen LogP contribution in [0.2, 0.25) is 0 Å². The Morgan fingerprint density at radius 1 is 0.571 bits per heavy atom. The molecule has 0 bridgehead atoms. The largest absolute Gasteiger partial charge is 0.316 e. The zero-order valence-electron chi connectivity index (χ0n) is 35.0. The number of aromatic nitrogens is 3. The summed E-state index contributed by atoms with van der Waals surface area (Å²) in [6.07, 6.45) is 12.0. The average Bonchev–Trinajstić information content (AvgIpc) is 3.94. The Morgan fingerprint density at radius 2 is 1.14 bits per heavy atom. The van der Waals surface area contributed by atoms with Crippen LogP contribution in [0.3, 0.4) is 0 Å². The molecular formula is C58H41N5. The number of aryl methyl sites for hydroxylation is 2. The molecule has 3 heterocycles. The number of fused-ring (bicyclic) bond motifs is 9. The second kappa shape index (κ2) is 15.8. The van der Waals surface area contributed by atoms with Crippen molar-refractivity contribution in [1.29, 1.82) is 0 Å². The molecule has 0 amide bonds. The Morgan fingerprint density at radius 3 is 1.79 bits per heavy atom. The first-order chi connectivity index (χ1) is 30.8. The lowest BCUT2D eigenvalue weighted by Crippen LogP contribution is -1.97. The van der Waals surface area contributed by atoms with E-state index < -0.39 is 0 Å². The minimum absolute atomic E-state index is 0.387. The minimum Gasteiger partial charge on any atom is -0.316 e. The summed E-state index contributed by atoms with van der Waals surface area (Å²) in [5.74, 6) is 0. The smallest absolute Gasteiger partial charge is 0.194 e. The molecule has 0 radical (unpaired) electrons. The maximum absolute atomic E-state index is 8.27. The van der Waals surface area contributed by atoms with E-state index in [-0.39, 0.29) is 0 Å². The lowest BCUT2D eigenvalue weighted by molar-refractivity contribution is 1.18. The number of nitrogens with zero attached hydrogens (tertiary/aromatic N) is 5. The summed E-state index contributed by atoms with van der Waals surface area (Å²) in [7, 11) is 0. The summed E-state index contributed by atoms with van der Waals surface area (Å²) in [4.78, 5) is 7.72. The maximum Gasteiger partial charge on any atom is 0.194 e. The van der Waals surface area contributed by atoms with Crippen LogP contribution >= 0.6 is 0 Å². The van der Waals surface area contributed by atoms with Crippen molar-refractivity contribution in [2.75, 3.05) is 0 Å². The molecule has 63 heavy (non-hydrogen) atoms.